The van der Waals surface area contributed by atoms with Gasteiger partial charge in [0.15, 0.2) is 5.76 Å². The second-order valence-corrected chi connectivity index (χ2v) is 5.54. The maximum Gasteiger partial charge on any atom is 0.238 e. The van der Waals surface area contributed by atoms with Gasteiger partial charge in [-0.25, -0.2) is 0 Å². The number of rotatable bonds is 6. The molecular weight excluding hydrogens is 270 g/mol. The van der Waals surface area contributed by atoms with Crippen LogP contribution in [0.2, 0.25) is 0 Å². The molecule has 6 heteroatoms. The van der Waals surface area contributed by atoms with E-state index in [1.165, 1.54) is 19.3 Å². The molecule has 1 fully saturated rings. The van der Waals surface area contributed by atoms with Gasteiger partial charge in [-0.1, -0.05) is 11.6 Å². The molecule has 1 N–H and O–H groups in total. The molecule has 0 aromatic carbocycles. The third kappa shape index (κ3) is 3.32. The van der Waals surface area contributed by atoms with Crippen molar-refractivity contribution in [1.82, 2.24) is 15.5 Å². The van der Waals surface area contributed by atoms with Crippen molar-refractivity contribution in [2.24, 2.45) is 5.92 Å². The number of nitrogens with one attached hydrogen (secondary N) is 1. The highest BCUT2D eigenvalue weighted by Gasteiger charge is 2.25. The second kappa shape index (κ2) is 6.11. The SMILES string of the molecule is C[C@@H](NC(=O)CCc1nc(-c2ccco2)no1)C1CCC1. The summed E-state index contributed by atoms with van der Waals surface area (Å²) >= 11 is 0. The molecule has 21 heavy (non-hydrogen) atoms. The zero-order valence-corrected chi connectivity index (χ0v) is 12.0. The van der Waals surface area contributed by atoms with Crippen molar-refractivity contribution >= 4 is 5.91 Å². The largest absolute Gasteiger partial charge is 0.461 e. The maximum atomic E-state index is 11.9. The molecule has 1 atom stereocenters. The highest BCUT2D eigenvalue weighted by Crippen LogP contribution is 2.29. The molecule has 1 aliphatic rings. The predicted octanol–water partition coefficient (Wildman–Crippen LogP) is 2.57. The fourth-order valence-electron chi connectivity index (χ4n) is 2.47. The van der Waals surface area contributed by atoms with Crippen molar-refractivity contribution in [2.75, 3.05) is 0 Å². The minimum absolute atomic E-state index is 0.0344. The van der Waals surface area contributed by atoms with Gasteiger partial charge in [0.25, 0.3) is 0 Å². The molecule has 0 saturated heterocycles. The summed E-state index contributed by atoms with van der Waals surface area (Å²) in [4.78, 5) is 16.1. The molecule has 1 amide bonds. The first-order chi connectivity index (χ1) is 10.2. The van der Waals surface area contributed by atoms with Crippen LogP contribution in [0, 0.1) is 5.92 Å². The van der Waals surface area contributed by atoms with Crippen molar-refractivity contribution in [3.63, 3.8) is 0 Å². The Morgan fingerprint density at radius 2 is 2.38 bits per heavy atom. The molecule has 2 aromatic rings. The van der Waals surface area contributed by atoms with E-state index < -0.39 is 0 Å². The van der Waals surface area contributed by atoms with E-state index in [0.717, 1.165) is 0 Å². The molecule has 3 rings (SSSR count). The van der Waals surface area contributed by atoms with Gasteiger partial charge in [0.2, 0.25) is 17.6 Å². The van der Waals surface area contributed by atoms with Gasteiger partial charge in [0.1, 0.15) is 0 Å². The van der Waals surface area contributed by atoms with E-state index in [1.807, 2.05) is 0 Å². The van der Waals surface area contributed by atoms with E-state index in [-0.39, 0.29) is 11.9 Å². The van der Waals surface area contributed by atoms with Crippen LogP contribution in [0.4, 0.5) is 0 Å². The van der Waals surface area contributed by atoms with E-state index in [2.05, 4.69) is 22.4 Å². The summed E-state index contributed by atoms with van der Waals surface area (Å²) in [5, 5.41) is 6.88. The molecule has 6 nitrogen and oxygen atoms in total. The Morgan fingerprint density at radius 3 is 3.05 bits per heavy atom. The molecule has 0 radical (unpaired) electrons. The molecular formula is C15H19N3O3. The van der Waals surface area contributed by atoms with Crippen LogP contribution in [-0.2, 0) is 11.2 Å². The predicted molar refractivity (Wildman–Crippen MR) is 75.3 cm³/mol. The lowest BCUT2D eigenvalue weighted by Gasteiger charge is -2.31. The monoisotopic (exact) mass is 289 g/mol. The zero-order chi connectivity index (χ0) is 14.7. The van der Waals surface area contributed by atoms with Crippen LogP contribution in [0.1, 0.15) is 38.5 Å². The fourth-order valence-corrected chi connectivity index (χ4v) is 2.47. The minimum atomic E-state index is 0.0344. The van der Waals surface area contributed by atoms with Gasteiger partial charge in [-0.15, -0.1) is 0 Å². The molecule has 0 spiro atoms. The van der Waals surface area contributed by atoms with Crippen LogP contribution in [0.15, 0.2) is 27.3 Å². The van der Waals surface area contributed by atoms with Crippen molar-refractivity contribution in [3.8, 4) is 11.6 Å². The molecule has 0 unspecified atom stereocenters. The maximum absolute atomic E-state index is 11.9. The van der Waals surface area contributed by atoms with E-state index in [1.54, 1.807) is 18.4 Å². The summed E-state index contributed by atoms with van der Waals surface area (Å²) in [6.07, 6.45) is 6.08. The first-order valence-electron chi connectivity index (χ1n) is 7.38. The molecule has 0 aliphatic heterocycles. The van der Waals surface area contributed by atoms with Gasteiger partial charge >= 0.3 is 0 Å². The van der Waals surface area contributed by atoms with Crippen LogP contribution in [-0.4, -0.2) is 22.1 Å². The van der Waals surface area contributed by atoms with Gasteiger partial charge in [0, 0.05) is 18.9 Å². The third-order valence-corrected chi connectivity index (χ3v) is 4.02. The number of aromatic nitrogens is 2. The average Bonchev–Trinajstić information content (AvgIpc) is 3.05. The van der Waals surface area contributed by atoms with Crippen LogP contribution in [0.3, 0.4) is 0 Å². The van der Waals surface area contributed by atoms with Gasteiger partial charge in [-0.05, 0) is 37.8 Å². The number of aryl methyl sites for hydroxylation is 1. The van der Waals surface area contributed by atoms with Crippen LogP contribution < -0.4 is 5.32 Å². The normalized spacial score (nSPS) is 16.4. The quantitative estimate of drug-likeness (QED) is 0.883. The van der Waals surface area contributed by atoms with Crippen LogP contribution in [0.25, 0.3) is 11.6 Å². The number of amides is 1. The Hall–Kier alpha value is -2.11. The van der Waals surface area contributed by atoms with E-state index in [9.17, 15) is 4.79 Å². The Kier molecular flexibility index (Phi) is 4.03. The Balaban J connectivity index is 1.47. The van der Waals surface area contributed by atoms with Crippen LogP contribution >= 0.6 is 0 Å². The zero-order valence-electron chi connectivity index (χ0n) is 12.0. The van der Waals surface area contributed by atoms with Crippen molar-refractivity contribution in [1.29, 1.82) is 0 Å². The second-order valence-electron chi connectivity index (χ2n) is 5.54. The van der Waals surface area contributed by atoms with Gasteiger partial charge < -0.3 is 14.3 Å². The lowest BCUT2D eigenvalue weighted by Crippen LogP contribution is -2.40. The topological polar surface area (TPSA) is 81.2 Å². The van der Waals surface area contributed by atoms with E-state index in [0.29, 0.717) is 36.2 Å². The highest BCUT2D eigenvalue weighted by molar-refractivity contribution is 5.76. The number of furan rings is 1. The molecule has 2 heterocycles. The van der Waals surface area contributed by atoms with Crippen molar-refractivity contribution in [3.05, 3.63) is 24.3 Å². The number of carbonyl (C=O) groups is 1. The van der Waals surface area contributed by atoms with Crippen molar-refractivity contribution in [2.45, 2.75) is 45.1 Å². The average molecular weight is 289 g/mol. The molecule has 1 aliphatic carbocycles. The standard InChI is InChI=1S/C15H19N3O3/c1-10(11-4-2-5-11)16-13(19)7-8-14-17-15(18-21-14)12-6-3-9-20-12/h3,6,9-11H,2,4-5,7-8H2,1H3,(H,16,19)/t10-/m1/s1. The highest BCUT2D eigenvalue weighted by atomic mass is 16.5. The molecule has 0 bridgehead atoms. The number of hydrogen-bond acceptors (Lipinski definition) is 5. The summed E-state index contributed by atoms with van der Waals surface area (Å²) < 4.78 is 10.3. The number of nitrogens with zero attached hydrogens (tertiary/aromatic N) is 2. The van der Waals surface area contributed by atoms with Crippen molar-refractivity contribution < 1.29 is 13.7 Å². The van der Waals surface area contributed by atoms with E-state index >= 15 is 0 Å². The van der Waals surface area contributed by atoms with Crippen LogP contribution in [0.5, 0.6) is 0 Å². The molecule has 2 aromatic heterocycles. The van der Waals surface area contributed by atoms with Gasteiger partial charge in [-0.3, -0.25) is 4.79 Å². The Morgan fingerprint density at radius 1 is 1.52 bits per heavy atom. The molecule has 1 saturated carbocycles. The lowest BCUT2D eigenvalue weighted by atomic mass is 9.80. The number of hydrogen-bond donors (Lipinski definition) is 1. The minimum Gasteiger partial charge on any atom is -0.461 e. The Labute approximate surface area is 122 Å². The van der Waals surface area contributed by atoms with Gasteiger partial charge in [0.05, 0.1) is 6.26 Å². The van der Waals surface area contributed by atoms with E-state index in [4.69, 9.17) is 8.94 Å². The first kappa shape index (κ1) is 13.9. The first-order valence-corrected chi connectivity index (χ1v) is 7.38. The number of carbonyl (C=O) groups excluding carboxylic acids is 1. The lowest BCUT2D eigenvalue weighted by molar-refractivity contribution is -0.122. The summed E-state index contributed by atoms with van der Waals surface area (Å²) in [7, 11) is 0. The summed E-state index contributed by atoms with van der Waals surface area (Å²) in [6, 6.07) is 3.79. The fraction of sp³-hybridized carbons (Fsp3) is 0.533. The third-order valence-electron chi connectivity index (χ3n) is 4.02. The van der Waals surface area contributed by atoms with Gasteiger partial charge in [-0.2, -0.15) is 4.98 Å². The summed E-state index contributed by atoms with van der Waals surface area (Å²) in [5.74, 6) is 2.11. The summed E-state index contributed by atoms with van der Waals surface area (Å²) in [6.45, 7) is 2.07. The molecule has 112 valence electrons. The smallest absolute Gasteiger partial charge is 0.238 e. The summed E-state index contributed by atoms with van der Waals surface area (Å²) in [5.41, 5.74) is 0. The Bertz CT molecular complexity index is 587.